The molecule has 1 amide bonds. The molecule has 0 unspecified atom stereocenters. The second-order valence-electron chi connectivity index (χ2n) is 6.87. The third kappa shape index (κ3) is 2.99. The molecule has 2 aromatic carbocycles. The fourth-order valence-corrected chi connectivity index (χ4v) is 4.62. The van der Waals surface area contributed by atoms with Crippen LogP contribution in [0.1, 0.15) is 30.6 Å². The first kappa shape index (κ1) is 18.4. The maximum absolute atomic E-state index is 13.3. The van der Waals surface area contributed by atoms with Crippen LogP contribution in [0.3, 0.4) is 0 Å². The number of rotatable bonds is 4. The molecule has 1 atom stereocenters. The van der Waals surface area contributed by atoms with Crippen LogP contribution in [-0.2, 0) is 4.79 Å². The monoisotopic (exact) mass is 391 g/mol. The number of nitrogens with one attached hydrogen (secondary N) is 1. The van der Waals surface area contributed by atoms with Crippen LogP contribution in [-0.4, -0.2) is 15.7 Å². The summed E-state index contributed by atoms with van der Waals surface area (Å²) in [5, 5.41) is 9.02. The third-order valence-corrected chi connectivity index (χ3v) is 6.27. The highest BCUT2D eigenvalue weighted by Gasteiger charge is 2.24. The Balaban J connectivity index is 1.83. The number of fused-ring (bicyclic) bond motifs is 3. The number of para-hydroxylation sites is 1. The number of thiophene rings is 1. The Bertz CT molecular complexity index is 1260. The van der Waals surface area contributed by atoms with E-state index in [0.717, 1.165) is 31.7 Å². The third-order valence-electron chi connectivity index (χ3n) is 4.99. The molecule has 1 N–H and O–H groups in total. The Morgan fingerprint density at radius 3 is 2.61 bits per heavy atom. The molecule has 142 valence electrons. The van der Waals surface area contributed by atoms with E-state index >= 15 is 0 Å². The summed E-state index contributed by atoms with van der Waals surface area (Å²) in [6.45, 7) is 5.72. The average molecular weight is 391 g/mol. The normalized spacial score (nSPS) is 12.4. The van der Waals surface area contributed by atoms with Crippen molar-refractivity contribution >= 4 is 43.1 Å². The summed E-state index contributed by atoms with van der Waals surface area (Å²) < 4.78 is 3.29. The minimum absolute atomic E-state index is 0.218. The van der Waals surface area contributed by atoms with E-state index in [1.54, 1.807) is 11.3 Å². The van der Waals surface area contributed by atoms with Gasteiger partial charge in [0.05, 0.1) is 15.8 Å². The Labute approximate surface area is 166 Å². The van der Waals surface area contributed by atoms with Crippen molar-refractivity contribution in [1.29, 1.82) is 0 Å². The molecule has 0 aliphatic carbocycles. The van der Waals surface area contributed by atoms with E-state index < -0.39 is 6.04 Å². The zero-order valence-electron chi connectivity index (χ0n) is 16.0. The number of aromatic nitrogens is 2. The summed E-state index contributed by atoms with van der Waals surface area (Å²) in [7, 11) is 0. The zero-order valence-corrected chi connectivity index (χ0v) is 16.8. The molecule has 0 aliphatic heterocycles. The highest BCUT2D eigenvalue weighted by Crippen LogP contribution is 2.33. The molecule has 4 rings (SSSR count). The van der Waals surface area contributed by atoms with Crippen molar-refractivity contribution in [3.63, 3.8) is 0 Å². The zero-order chi connectivity index (χ0) is 19.8. The first-order valence-corrected chi connectivity index (χ1v) is 10.1. The Morgan fingerprint density at radius 1 is 1.14 bits per heavy atom. The van der Waals surface area contributed by atoms with Crippen LogP contribution < -0.4 is 10.9 Å². The number of anilines is 1. The lowest BCUT2D eigenvalue weighted by Gasteiger charge is -2.18. The molecule has 0 spiro atoms. The van der Waals surface area contributed by atoms with E-state index in [0.29, 0.717) is 11.8 Å². The van der Waals surface area contributed by atoms with Gasteiger partial charge in [0.1, 0.15) is 6.04 Å². The number of hydrogen-bond donors (Lipinski definition) is 1. The van der Waals surface area contributed by atoms with Crippen molar-refractivity contribution in [3.8, 4) is 0 Å². The van der Waals surface area contributed by atoms with Gasteiger partial charge in [0, 0.05) is 15.8 Å². The highest BCUT2D eigenvalue weighted by molar-refractivity contribution is 7.26. The molecule has 0 bridgehead atoms. The SMILES string of the molecule is CC[C@@H](C(=O)Nc1ccccc1C)n1nc(C)c2sc3ccccc3c2c1=O. The number of aryl methyl sites for hydroxylation is 2. The molecule has 6 heteroatoms. The largest absolute Gasteiger partial charge is 0.324 e. The van der Waals surface area contributed by atoms with Crippen molar-refractivity contribution in [2.75, 3.05) is 5.32 Å². The van der Waals surface area contributed by atoms with E-state index in [4.69, 9.17) is 0 Å². The molecule has 0 fully saturated rings. The van der Waals surface area contributed by atoms with Crippen LogP contribution >= 0.6 is 11.3 Å². The maximum Gasteiger partial charge on any atom is 0.276 e. The van der Waals surface area contributed by atoms with Crippen molar-refractivity contribution in [3.05, 3.63) is 70.1 Å². The predicted molar refractivity (Wildman–Crippen MR) is 115 cm³/mol. The molecular formula is C22H21N3O2S. The molecule has 2 heterocycles. The van der Waals surface area contributed by atoms with E-state index in [-0.39, 0.29) is 11.5 Å². The van der Waals surface area contributed by atoms with Crippen molar-refractivity contribution in [1.82, 2.24) is 9.78 Å². The van der Waals surface area contributed by atoms with Gasteiger partial charge in [-0.05, 0) is 38.0 Å². The lowest BCUT2D eigenvalue weighted by molar-refractivity contribution is -0.119. The van der Waals surface area contributed by atoms with E-state index in [1.807, 2.05) is 69.3 Å². The van der Waals surface area contributed by atoms with Gasteiger partial charge in [-0.2, -0.15) is 5.10 Å². The molecule has 4 aromatic rings. The summed E-state index contributed by atoms with van der Waals surface area (Å²) in [6.07, 6.45) is 0.470. The Morgan fingerprint density at radius 2 is 1.86 bits per heavy atom. The number of carbonyl (C=O) groups is 1. The van der Waals surface area contributed by atoms with E-state index in [2.05, 4.69) is 10.4 Å². The molecule has 0 saturated heterocycles. The Kier molecular flexibility index (Phi) is 4.73. The van der Waals surface area contributed by atoms with Gasteiger partial charge in [-0.3, -0.25) is 9.59 Å². The van der Waals surface area contributed by atoms with Crippen molar-refractivity contribution in [2.45, 2.75) is 33.2 Å². The lowest BCUT2D eigenvalue weighted by Crippen LogP contribution is -2.35. The first-order chi connectivity index (χ1) is 13.5. The Hall–Kier alpha value is -2.99. The van der Waals surface area contributed by atoms with Gasteiger partial charge >= 0.3 is 0 Å². The molecule has 0 saturated carbocycles. The molecule has 0 aliphatic rings. The van der Waals surface area contributed by atoms with Crippen molar-refractivity contribution in [2.24, 2.45) is 0 Å². The van der Waals surface area contributed by atoms with Gasteiger partial charge in [0.25, 0.3) is 5.56 Å². The molecule has 0 radical (unpaired) electrons. The molecule has 28 heavy (non-hydrogen) atoms. The summed E-state index contributed by atoms with van der Waals surface area (Å²) in [5.41, 5.74) is 2.27. The summed E-state index contributed by atoms with van der Waals surface area (Å²) >= 11 is 1.57. The standard InChI is InChI=1S/C22H21N3O2S/c1-4-17(21(26)23-16-11-7-5-9-13(16)2)25-22(27)19-15-10-6-8-12-18(15)28-20(19)14(3)24-25/h5-12,17H,4H2,1-3H3,(H,23,26)/t17-/m0/s1. The average Bonchev–Trinajstić information content (AvgIpc) is 3.08. The molecule has 5 nitrogen and oxygen atoms in total. The molecular weight excluding hydrogens is 370 g/mol. The fourth-order valence-electron chi connectivity index (χ4n) is 3.49. The van der Waals surface area contributed by atoms with E-state index in [9.17, 15) is 9.59 Å². The number of benzene rings is 2. The van der Waals surface area contributed by atoms with Crippen LogP contribution in [0.5, 0.6) is 0 Å². The van der Waals surface area contributed by atoms with Crippen LogP contribution in [0, 0.1) is 13.8 Å². The second-order valence-corrected chi connectivity index (χ2v) is 7.92. The number of hydrogen-bond acceptors (Lipinski definition) is 4. The van der Waals surface area contributed by atoms with Crippen LogP contribution in [0.25, 0.3) is 20.2 Å². The van der Waals surface area contributed by atoms with E-state index in [1.165, 1.54) is 4.68 Å². The topological polar surface area (TPSA) is 64.0 Å². The quantitative estimate of drug-likeness (QED) is 0.542. The minimum Gasteiger partial charge on any atom is -0.324 e. The van der Waals surface area contributed by atoms with Crippen LogP contribution in [0.15, 0.2) is 53.3 Å². The van der Waals surface area contributed by atoms with Crippen LogP contribution in [0.2, 0.25) is 0 Å². The highest BCUT2D eigenvalue weighted by atomic mass is 32.1. The van der Waals surface area contributed by atoms with Gasteiger partial charge in [0.15, 0.2) is 0 Å². The summed E-state index contributed by atoms with van der Waals surface area (Å²) in [4.78, 5) is 26.3. The van der Waals surface area contributed by atoms with Gasteiger partial charge in [-0.15, -0.1) is 11.3 Å². The maximum atomic E-state index is 13.3. The smallest absolute Gasteiger partial charge is 0.276 e. The number of nitrogens with zero attached hydrogens (tertiary/aromatic N) is 2. The fraction of sp³-hybridized carbons (Fsp3) is 0.227. The van der Waals surface area contributed by atoms with Gasteiger partial charge in [0.2, 0.25) is 5.91 Å². The number of amides is 1. The summed E-state index contributed by atoms with van der Waals surface area (Å²) in [6, 6.07) is 14.8. The second kappa shape index (κ2) is 7.20. The first-order valence-electron chi connectivity index (χ1n) is 9.28. The minimum atomic E-state index is -0.672. The predicted octanol–water partition coefficient (Wildman–Crippen LogP) is 4.82. The molecule has 2 aromatic heterocycles. The van der Waals surface area contributed by atoms with Gasteiger partial charge < -0.3 is 5.32 Å². The van der Waals surface area contributed by atoms with Gasteiger partial charge in [-0.1, -0.05) is 43.3 Å². The van der Waals surface area contributed by atoms with Crippen molar-refractivity contribution < 1.29 is 4.79 Å². The van der Waals surface area contributed by atoms with Crippen LogP contribution in [0.4, 0.5) is 5.69 Å². The van der Waals surface area contributed by atoms with Gasteiger partial charge in [-0.25, -0.2) is 4.68 Å². The number of carbonyl (C=O) groups excluding carboxylic acids is 1. The summed E-state index contributed by atoms with van der Waals surface area (Å²) in [5.74, 6) is -0.232. The lowest BCUT2D eigenvalue weighted by atomic mass is 10.1.